The molecular weight excluding hydrogens is 495 g/mol. The van der Waals surface area contributed by atoms with Crippen LogP contribution in [0.3, 0.4) is 0 Å². The van der Waals surface area contributed by atoms with Crippen LogP contribution in [0.5, 0.6) is 11.5 Å². The number of carbonyl (C=O) groups is 2. The molecule has 0 spiro atoms. The van der Waals surface area contributed by atoms with Gasteiger partial charge >= 0.3 is 0 Å². The number of methoxy groups -OCH3 is 1. The first-order valence-electron chi connectivity index (χ1n) is 11.7. The average Bonchev–Trinajstić information content (AvgIpc) is 3.12. The SMILES string of the molecule is C=CC1=CCC2C(=O)N(Nc3ccc(F)cc3)C(=O)C2(c2ccc(Cl)cc2)C1c1cc(OC)ccc1O. The van der Waals surface area contributed by atoms with Crippen molar-refractivity contribution in [1.29, 1.82) is 0 Å². The van der Waals surface area contributed by atoms with Crippen LogP contribution in [0.1, 0.15) is 23.5 Å². The van der Waals surface area contributed by atoms with Crippen molar-refractivity contribution in [2.24, 2.45) is 5.92 Å². The summed E-state index contributed by atoms with van der Waals surface area (Å²) in [5.74, 6) is -2.50. The minimum absolute atomic E-state index is 0.0438. The summed E-state index contributed by atoms with van der Waals surface area (Å²) in [6.45, 7) is 3.96. The van der Waals surface area contributed by atoms with E-state index in [2.05, 4.69) is 12.0 Å². The highest BCUT2D eigenvalue weighted by Gasteiger charge is 2.66. The summed E-state index contributed by atoms with van der Waals surface area (Å²) in [5.41, 5.74) is 3.52. The number of aromatic hydroxyl groups is 1. The second-order valence-corrected chi connectivity index (χ2v) is 9.46. The van der Waals surface area contributed by atoms with Gasteiger partial charge in [0.2, 0.25) is 0 Å². The molecule has 0 radical (unpaired) electrons. The van der Waals surface area contributed by atoms with E-state index >= 15 is 0 Å². The van der Waals surface area contributed by atoms with E-state index in [1.807, 2.05) is 6.08 Å². The van der Waals surface area contributed by atoms with Crippen molar-refractivity contribution >= 4 is 29.1 Å². The van der Waals surface area contributed by atoms with Crippen LogP contribution in [0.15, 0.2) is 91.0 Å². The lowest BCUT2D eigenvalue weighted by Crippen LogP contribution is -2.48. The summed E-state index contributed by atoms with van der Waals surface area (Å²) in [4.78, 5) is 28.3. The molecule has 3 aromatic carbocycles. The molecule has 1 saturated heterocycles. The average molecular weight is 519 g/mol. The fraction of sp³-hybridized carbons (Fsp3) is 0.172. The zero-order valence-corrected chi connectivity index (χ0v) is 20.7. The zero-order valence-electron chi connectivity index (χ0n) is 19.9. The van der Waals surface area contributed by atoms with Crippen molar-refractivity contribution in [2.75, 3.05) is 12.5 Å². The predicted octanol–water partition coefficient (Wildman–Crippen LogP) is 5.74. The number of nitrogens with one attached hydrogen (secondary N) is 1. The molecule has 5 rings (SSSR count). The van der Waals surface area contributed by atoms with Gasteiger partial charge in [0.25, 0.3) is 11.8 Å². The maximum absolute atomic E-state index is 14.5. The van der Waals surface area contributed by atoms with E-state index in [4.69, 9.17) is 16.3 Å². The third-order valence-electron chi connectivity index (χ3n) is 7.19. The molecule has 6 nitrogen and oxygen atoms in total. The number of imide groups is 1. The van der Waals surface area contributed by atoms with E-state index in [1.165, 1.54) is 37.4 Å². The van der Waals surface area contributed by atoms with Gasteiger partial charge in [0.1, 0.15) is 17.3 Å². The van der Waals surface area contributed by atoms with Crippen molar-refractivity contribution in [1.82, 2.24) is 5.01 Å². The number of rotatable bonds is 6. The van der Waals surface area contributed by atoms with Gasteiger partial charge in [0.15, 0.2) is 0 Å². The number of hydrogen-bond acceptors (Lipinski definition) is 5. The Morgan fingerprint density at radius 2 is 1.84 bits per heavy atom. The van der Waals surface area contributed by atoms with Crippen LogP contribution in [0.4, 0.5) is 10.1 Å². The Kier molecular flexibility index (Phi) is 6.25. The molecule has 0 bridgehead atoms. The van der Waals surface area contributed by atoms with Gasteiger partial charge < -0.3 is 9.84 Å². The number of amides is 2. The van der Waals surface area contributed by atoms with Gasteiger partial charge in [-0.15, -0.1) is 0 Å². The highest BCUT2D eigenvalue weighted by atomic mass is 35.5. The van der Waals surface area contributed by atoms with Gasteiger partial charge in [0.05, 0.1) is 24.1 Å². The van der Waals surface area contributed by atoms with E-state index in [0.29, 0.717) is 33.2 Å². The molecule has 0 aromatic heterocycles. The number of nitrogens with zero attached hydrogens (tertiary/aromatic N) is 1. The summed E-state index contributed by atoms with van der Waals surface area (Å²) in [5, 5.41) is 12.5. The minimum Gasteiger partial charge on any atom is -0.508 e. The van der Waals surface area contributed by atoms with Crippen molar-refractivity contribution in [3.63, 3.8) is 0 Å². The van der Waals surface area contributed by atoms with Crippen molar-refractivity contribution < 1.29 is 23.8 Å². The minimum atomic E-state index is -1.43. The number of ether oxygens (including phenoxy) is 1. The maximum atomic E-state index is 14.5. The number of hydrogen-bond donors (Lipinski definition) is 2. The monoisotopic (exact) mass is 518 g/mol. The molecule has 1 fully saturated rings. The number of phenolic OH excluding ortho intramolecular Hbond substituents is 1. The van der Waals surface area contributed by atoms with Gasteiger partial charge in [-0.3, -0.25) is 15.0 Å². The van der Waals surface area contributed by atoms with E-state index in [1.54, 1.807) is 42.5 Å². The molecule has 1 heterocycles. The van der Waals surface area contributed by atoms with Crippen LogP contribution >= 0.6 is 11.6 Å². The Labute approximate surface area is 218 Å². The lowest BCUT2D eigenvalue weighted by molar-refractivity contribution is -0.138. The molecule has 2 aliphatic rings. The third-order valence-corrected chi connectivity index (χ3v) is 7.44. The fourth-order valence-electron chi connectivity index (χ4n) is 5.52. The Bertz CT molecular complexity index is 1420. The quantitative estimate of drug-likeness (QED) is 0.407. The van der Waals surface area contributed by atoms with Crippen molar-refractivity contribution in [3.05, 3.63) is 113 Å². The summed E-state index contributed by atoms with van der Waals surface area (Å²) >= 11 is 6.19. The van der Waals surface area contributed by atoms with Gasteiger partial charge in [-0.05, 0) is 72.2 Å². The predicted molar refractivity (Wildman–Crippen MR) is 139 cm³/mol. The molecular formula is C29H24ClFN2O4. The van der Waals surface area contributed by atoms with Crippen LogP contribution in [-0.2, 0) is 15.0 Å². The second kappa shape index (κ2) is 9.41. The number of fused-ring (bicyclic) bond motifs is 1. The zero-order chi connectivity index (χ0) is 26.3. The highest BCUT2D eigenvalue weighted by Crippen LogP contribution is 2.59. The van der Waals surface area contributed by atoms with E-state index in [0.717, 1.165) is 5.01 Å². The number of carbonyl (C=O) groups excluding carboxylic acids is 2. The number of hydrazine groups is 1. The van der Waals surface area contributed by atoms with Crippen LogP contribution < -0.4 is 10.2 Å². The molecule has 2 N–H and O–H groups in total. The molecule has 188 valence electrons. The molecule has 3 unspecified atom stereocenters. The van der Waals surface area contributed by atoms with Crippen molar-refractivity contribution in [3.8, 4) is 11.5 Å². The summed E-state index contributed by atoms with van der Waals surface area (Å²) in [7, 11) is 1.51. The summed E-state index contributed by atoms with van der Waals surface area (Å²) in [6, 6.07) is 17.0. The fourth-order valence-corrected chi connectivity index (χ4v) is 5.65. The normalized spacial score (nSPS) is 22.9. The van der Waals surface area contributed by atoms with E-state index in [-0.39, 0.29) is 12.2 Å². The van der Waals surface area contributed by atoms with E-state index in [9.17, 15) is 19.1 Å². The molecule has 0 saturated carbocycles. The molecule has 3 atom stereocenters. The van der Waals surface area contributed by atoms with Crippen LogP contribution in [0.25, 0.3) is 0 Å². The highest BCUT2D eigenvalue weighted by molar-refractivity contribution is 6.30. The number of phenols is 1. The van der Waals surface area contributed by atoms with Gasteiger partial charge in [0, 0.05) is 16.5 Å². The Morgan fingerprint density at radius 3 is 2.49 bits per heavy atom. The third kappa shape index (κ3) is 3.86. The first-order valence-corrected chi connectivity index (χ1v) is 12.0. The number of anilines is 1. The lowest BCUT2D eigenvalue weighted by Gasteiger charge is -2.43. The molecule has 1 aliphatic carbocycles. The van der Waals surface area contributed by atoms with Crippen molar-refractivity contribution in [2.45, 2.75) is 17.8 Å². The second-order valence-electron chi connectivity index (χ2n) is 9.03. The standard InChI is InChI=1S/C29H24ClFN2O4/c1-3-17-4-14-24-27(35)33(32-21-11-9-20(31)10-12-21)28(36)29(24,18-5-7-19(30)8-6-18)26(17)23-16-22(37-2)13-15-25(23)34/h3-13,15-16,24,26,32,34H,1,14H2,2H3. The molecule has 37 heavy (non-hydrogen) atoms. The Morgan fingerprint density at radius 1 is 1.14 bits per heavy atom. The largest absolute Gasteiger partial charge is 0.508 e. The smallest absolute Gasteiger partial charge is 0.260 e. The Balaban J connectivity index is 1.75. The number of allylic oxidation sites excluding steroid dienone is 3. The molecule has 3 aromatic rings. The van der Waals surface area contributed by atoms with E-state index < -0.39 is 34.9 Å². The summed E-state index contributed by atoms with van der Waals surface area (Å²) in [6.07, 6.45) is 3.80. The first kappa shape index (κ1) is 24.6. The molecule has 1 aliphatic heterocycles. The molecule has 8 heteroatoms. The summed E-state index contributed by atoms with van der Waals surface area (Å²) < 4.78 is 18.9. The Hall–Kier alpha value is -4.10. The lowest BCUT2D eigenvalue weighted by atomic mass is 9.56. The van der Waals surface area contributed by atoms with Gasteiger partial charge in [-0.25, -0.2) is 4.39 Å². The number of benzene rings is 3. The molecule has 2 amide bonds. The topological polar surface area (TPSA) is 78.9 Å². The maximum Gasteiger partial charge on any atom is 0.260 e. The van der Waals surface area contributed by atoms with Crippen LogP contribution in [0, 0.1) is 11.7 Å². The van der Waals surface area contributed by atoms with Crippen LogP contribution in [-0.4, -0.2) is 29.0 Å². The number of halogens is 2. The van der Waals surface area contributed by atoms with Gasteiger partial charge in [-0.2, -0.15) is 5.01 Å². The van der Waals surface area contributed by atoms with Crippen LogP contribution in [0.2, 0.25) is 5.02 Å². The first-order chi connectivity index (χ1) is 17.8. The van der Waals surface area contributed by atoms with Gasteiger partial charge in [-0.1, -0.05) is 42.5 Å².